The third kappa shape index (κ3) is 2.68. The highest BCUT2D eigenvalue weighted by Gasteiger charge is 2.23. The van der Waals surface area contributed by atoms with Gasteiger partial charge in [-0.1, -0.05) is 6.07 Å². The number of aldehydes is 1. The lowest BCUT2D eigenvalue weighted by atomic mass is 10.1. The standard InChI is InChI=1S/C13H16N2O3/c1-9-13(17)14-11-7-10(3-4-12(11)18-9)8-15(2)5-6-16/h3-4,6-7,9H,5,8H2,1-2H3,(H,14,17). The minimum Gasteiger partial charge on any atom is -0.479 e. The van der Waals surface area contributed by atoms with E-state index in [4.69, 9.17) is 4.74 Å². The molecule has 1 aromatic rings. The number of rotatable bonds is 4. The molecule has 0 spiro atoms. The zero-order valence-electron chi connectivity index (χ0n) is 10.5. The van der Waals surface area contributed by atoms with Crippen LogP contribution in [-0.2, 0) is 16.1 Å². The lowest BCUT2D eigenvalue weighted by molar-refractivity contribution is -0.122. The summed E-state index contributed by atoms with van der Waals surface area (Å²) >= 11 is 0. The highest BCUT2D eigenvalue weighted by molar-refractivity contribution is 5.97. The van der Waals surface area contributed by atoms with E-state index in [-0.39, 0.29) is 5.91 Å². The number of carbonyl (C=O) groups is 2. The molecule has 1 N–H and O–H groups in total. The van der Waals surface area contributed by atoms with Crippen molar-refractivity contribution in [1.82, 2.24) is 4.90 Å². The smallest absolute Gasteiger partial charge is 0.265 e. The van der Waals surface area contributed by atoms with E-state index in [1.807, 2.05) is 30.1 Å². The topological polar surface area (TPSA) is 58.6 Å². The van der Waals surface area contributed by atoms with Crippen molar-refractivity contribution in [2.45, 2.75) is 19.6 Å². The summed E-state index contributed by atoms with van der Waals surface area (Å²) in [5, 5.41) is 2.80. The number of anilines is 1. The van der Waals surface area contributed by atoms with Gasteiger partial charge in [-0.05, 0) is 31.7 Å². The zero-order chi connectivity index (χ0) is 13.1. The van der Waals surface area contributed by atoms with Crippen molar-refractivity contribution < 1.29 is 14.3 Å². The Balaban J connectivity index is 2.14. The van der Waals surface area contributed by atoms with Gasteiger partial charge in [0.25, 0.3) is 5.91 Å². The van der Waals surface area contributed by atoms with Gasteiger partial charge in [0.1, 0.15) is 12.0 Å². The maximum atomic E-state index is 11.5. The van der Waals surface area contributed by atoms with Gasteiger partial charge in [-0.2, -0.15) is 0 Å². The van der Waals surface area contributed by atoms with Crippen molar-refractivity contribution in [3.8, 4) is 5.75 Å². The van der Waals surface area contributed by atoms with E-state index < -0.39 is 6.10 Å². The Morgan fingerprint density at radius 2 is 2.28 bits per heavy atom. The van der Waals surface area contributed by atoms with Crippen LogP contribution in [0, 0.1) is 0 Å². The first-order valence-corrected chi connectivity index (χ1v) is 5.83. The summed E-state index contributed by atoms with van der Waals surface area (Å²) in [7, 11) is 1.87. The third-order valence-electron chi connectivity index (χ3n) is 2.81. The highest BCUT2D eigenvalue weighted by atomic mass is 16.5. The van der Waals surface area contributed by atoms with Crippen molar-refractivity contribution >= 4 is 17.9 Å². The minimum absolute atomic E-state index is 0.138. The number of hydrogen-bond acceptors (Lipinski definition) is 4. The second-order valence-electron chi connectivity index (χ2n) is 4.44. The van der Waals surface area contributed by atoms with E-state index in [1.54, 1.807) is 6.92 Å². The van der Waals surface area contributed by atoms with E-state index in [0.717, 1.165) is 11.8 Å². The van der Waals surface area contributed by atoms with Gasteiger partial charge in [-0.15, -0.1) is 0 Å². The number of ether oxygens (including phenoxy) is 1. The maximum absolute atomic E-state index is 11.5. The lowest BCUT2D eigenvalue weighted by Gasteiger charge is -2.24. The van der Waals surface area contributed by atoms with Crippen molar-refractivity contribution in [2.75, 3.05) is 18.9 Å². The summed E-state index contributed by atoms with van der Waals surface area (Å²) in [6.07, 6.45) is 0.409. The van der Waals surface area contributed by atoms with Crippen LogP contribution in [0.5, 0.6) is 5.75 Å². The van der Waals surface area contributed by atoms with E-state index in [0.29, 0.717) is 24.5 Å². The number of nitrogens with one attached hydrogen (secondary N) is 1. The van der Waals surface area contributed by atoms with Crippen molar-refractivity contribution in [1.29, 1.82) is 0 Å². The fourth-order valence-corrected chi connectivity index (χ4v) is 1.86. The molecule has 0 aromatic heterocycles. The molecule has 96 valence electrons. The van der Waals surface area contributed by atoms with Crippen molar-refractivity contribution in [3.63, 3.8) is 0 Å². The molecule has 0 aliphatic carbocycles. The summed E-state index contributed by atoms with van der Waals surface area (Å²) < 4.78 is 5.47. The van der Waals surface area contributed by atoms with Gasteiger partial charge in [0.05, 0.1) is 12.2 Å². The van der Waals surface area contributed by atoms with Gasteiger partial charge >= 0.3 is 0 Å². The van der Waals surface area contributed by atoms with Crippen LogP contribution >= 0.6 is 0 Å². The van der Waals surface area contributed by atoms with Crippen molar-refractivity contribution in [2.24, 2.45) is 0 Å². The molecule has 1 aliphatic heterocycles. The van der Waals surface area contributed by atoms with E-state index >= 15 is 0 Å². The molecule has 18 heavy (non-hydrogen) atoms. The Morgan fingerprint density at radius 1 is 1.50 bits per heavy atom. The van der Waals surface area contributed by atoms with Crippen LogP contribution in [0.25, 0.3) is 0 Å². The number of hydrogen-bond donors (Lipinski definition) is 1. The second kappa shape index (κ2) is 5.18. The molecule has 1 aromatic carbocycles. The Bertz CT molecular complexity index is 473. The fourth-order valence-electron chi connectivity index (χ4n) is 1.86. The molecule has 1 amide bonds. The molecule has 0 saturated heterocycles. The average molecular weight is 248 g/mol. The van der Waals surface area contributed by atoms with Gasteiger partial charge in [-0.3, -0.25) is 9.69 Å². The molecular weight excluding hydrogens is 232 g/mol. The number of likely N-dealkylation sites (N-methyl/N-ethyl adjacent to an activating group) is 1. The van der Waals surface area contributed by atoms with E-state index in [1.165, 1.54) is 0 Å². The second-order valence-corrected chi connectivity index (χ2v) is 4.44. The van der Waals surface area contributed by atoms with Crippen LogP contribution in [0.1, 0.15) is 12.5 Å². The third-order valence-corrected chi connectivity index (χ3v) is 2.81. The first-order valence-electron chi connectivity index (χ1n) is 5.83. The maximum Gasteiger partial charge on any atom is 0.265 e. The molecule has 1 unspecified atom stereocenters. The normalized spacial score (nSPS) is 17.9. The van der Waals surface area contributed by atoms with Crippen LogP contribution in [-0.4, -0.2) is 36.8 Å². The fraction of sp³-hybridized carbons (Fsp3) is 0.385. The monoisotopic (exact) mass is 248 g/mol. The number of nitrogens with zero attached hydrogens (tertiary/aromatic N) is 1. The summed E-state index contributed by atoms with van der Waals surface area (Å²) in [6.45, 7) is 2.75. The minimum atomic E-state index is -0.457. The Kier molecular flexibility index (Phi) is 3.62. The molecular formula is C13H16N2O3. The van der Waals surface area contributed by atoms with Gasteiger partial charge in [0.15, 0.2) is 6.10 Å². The molecule has 0 radical (unpaired) electrons. The lowest BCUT2D eigenvalue weighted by Crippen LogP contribution is -2.34. The van der Waals surface area contributed by atoms with E-state index in [2.05, 4.69) is 5.32 Å². The van der Waals surface area contributed by atoms with Gasteiger partial charge in [0.2, 0.25) is 0 Å². The largest absolute Gasteiger partial charge is 0.479 e. The first-order chi connectivity index (χ1) is 8.60. The van der Waals surface area contributed by atoms with Crippen LogP contribution in [0.2, 0.25) is 0 Å². The molecule has 2 rings (SSSR count). The molecule has 0 fully saturated rings. The van der Waals surface area contributed by atoms with Crippen LogP contribution < -0.4 is 10.1 Å². The number of fused-ring (bicyclic) bond motifs is 1. The summed E-state index contributed by atoms with van der Waals surface area (Å²) in [4.78, 5) is 23.8. The van der Waals surface area contributed by atoms with Gasteiger partial charge in [0, 0.05) is 6.54 Å². The predicted molar refractivity (Wildman–Crippen MR) is 67.6 cm³/mol. The Hall–Kier alpha value is -1.88. The van der Waals surface area contributed by atoms with Gasteiger partial charge in [-0.25, -0.2) is 0 Å². The first kappa shape index (κ1) is 12.6. The van der Waals surface area contributed by atoms with Crippen LogP contribution in [0.15, 0.2) is 18.2 Å². The number of carbonyl (C=O) groups excluding carboxylic acids is 2. The summed E-state index contributed by atoms with van der Waals surface area (Å²) in [5.74, 6) is 0.546. The molecule has 1 aliphatic rings. The van der Waals surface area contributed by atoms with Crippen LogP contribution in [0.4, 0.5) is 5.69 Å². The summed E-state index contributed by atoms with van der Waals surface area (Å²) in [6, 6.07) is 5.65. The molecule has 5 heteroatoms. The van der Waals surface area contributed by atoms with Crippen LogP contribution in [0.3, 0.4) is 0 Å². The number of amides is 1. The molecule has 0 bridgehead atoms. The van der Waals surface area contributed by atoms with E-state index in [9.17, 15) is 9.59 Å². The molecule has 0 saturated carbocycles. The molecule has 5 nitrogen and oxygen atoms in total. The predicted octanol–water partition coefficient (Wildman–Crippen LogP) is 1.04. The quantitative estimate of drug-likeness (QED) is 0.809. The number of benzene rings is 1. The summed E-state index contributed by atoms with van der Waals surface area (Å²) in [5.41, 5.74) is 1.71. The van der Waals surface area contributed by atoms with Gasteiger partial charge < -0.3 is 14.8 Å². The zero-order valence-corrected chi connectivity index (χ0v) is 10.5. The SMILES string of the molecule is CC1Oc2ccc(CN(C)CC=O)cc2NC1=O. The molecule has 1 heterocycles. The molecule has 1 atom stereocenters. The average Bonchev–Trinajstić information content (AvgIpc) is 2.31. The highest BCUT2D eigenvalue weighted by Crippen LogP contribution is 2.30. The Labute approximate surface area is 106 Å². The van der Waals surface area contributed by atoms with Crippen molar-refractivity contribution in [3.05, 3.63) is 23.8 Å². The Morgan fingerprint density at radius 3 is 3.00 bits per heavy atom.